The lowest BCUT2D eigenvalue weighted by Crippen LogP contribution is -1.82. The molecule has 0 heterocycles. The van der Waals surface area contributed by atoms with Crippen LogP contribution in [0.25, 0.3) is 6.08 Å². The Morgan fingerprint density at radius 3 is 2.53 bits per heavy atom. The van der Waals surface area contributed by atoms with E-state index >= 15 is 0 Å². The molecule has 0 saturated heterocycles. The first-order chi connectivity index (χ1) is 7.11. The molecule has 0 N–H and O–H groups in total. The van der Waals surface area contributed by atoms with Crippen LogP contribution in [0.4, 0.5) is 0 Å². The molecule has 0 spiro atoms. The molecule has 0 aliphatic carbocycles. The third kappa shape index (κ3) is 4.29. The van der Waals surface area contributed by atoms with E-state index in [-0.39, 0.29) is 5.12 Å². The summed E-state index contributed by atoms with van der Waals surface area (Å²) in [5.41, 5.74) is 0.796. The van der Waals surface area contributed by atoms with Gasteiger partial charge in [-0.3, -0.25) is 4.79 Å². The SMILES string of the molecule is CC(=O)SCC=Cc1c(Cl)cccc1Cl. The Morgan fingerprint density at radius 2 is 2.00 bits per heavy atom. The molecule has 0 atom stereocenters. The van der Waals surface area contributed by atoms with Crippen molar-refractivity contribution in [2.24, 2.45) is 0 Å². The van der Waals surface area contributed by atoms with Gasteiger partial charge >= 0.3 is 0 Å². The average Bonchev–Trinajstić information content (AvgIpc) is 2.15. The zero-order chi connectivity index (χ0) is 11.3. The third-order valence-electron chi connectivity index (χ3n) is 1.67. The largest absolute Gasteiger partial charge is 0.288 e. The fourth-order valence-corrected chi connectivity index (χ4v) is 1.95. The molecule has 4 heteroatoms. The van der Waals surface area contributed by atoms with Crippen molar-refractivity contribution >= 4 is 46.2 Å². The fraction of sp³-hybridized carbons (Fsp3) is 0.182. The van der Waals surface area contributed by atoms with E-state index in [1.54, 1.807) is 25.1 Å². The van der Waals surface area contributed by atoms with Gasteiger partial charge in [0, 0.05) is 28.3 Å². The molecule has 0 fully saturated rings. The maximum Gasteiger partial charge on any atom is 0.186 e. The summed E-state index contributed by atoms with van der Waals surface area (Å²) in [5, 5.41) is 1.34. The Bertz CT molecular complexity index is 368. The zero-order valence-electron chi connectivity index (χ0n) is 8.17. The number of rotatable bonds is 3. The van der Waals surface area contributed by atoms with Crippen LogP contribution in [0.1, 0.15) is 12.5 Å². The first-order valence-corrected chi connectivity index (χ1v) is 6.09. The van der Waals surface area contributed by atoms with E-state index in [4.69, 9.17) is 23.2 Å². The summed E-state index contributed by atoms with van der Waals surface area (Å²) in [7, 11) is 0. The molecule has 0 bridgehead atoms. The number of hydrogen-bond donors (Lipinski definition) is 0. The van der Waals surface area contributed by atoms with Gasteiger partial charge in [0.1, 0.15) is 0 Å². The topological polar surface area (TPSA) is 17.1 Å². The fourth-order valence-electron chi connectivity index (χ4n) is 1.00. The van der Waals surface area contributed by atoms with Crippen LogP contribution in [0.5, 0.6) is 0 Å². The van der Waals surface area contributed by atoms with Gasteiger partial charge < -0.3 is 0 Å². The number of thioether (sulfide) groups is 1. The summed E-state index contributed by atoms with van der Waals surface area (Å²) in [6, 6.07) is 5.36. The molecule has 0 radical (unpaired) electrons. The molecular formula is C11H10Cl2OS. The van der Waals surface area contributed by atoms with E-state index in [0.717, 1.165) is 5.56 Å². The molecule has 15 heavy (non-hydrogen) atoms. The molecule has 0 unspecified atom stereocenters. The summed E-state index contributed by atoms with van der Waals surface area (Å²) in [5.74, 6) is 0.636. The highest BCUT2D eigenvalue weighted by Crippen LogP contribution is 2.25. The van der Waals surface area contributed by atoms with Gasteiger partial charge in [-0.05, 0) is 12.1 Å². The quantitative estimate of drug-likeness (QED) is 0.807. The molecule has 0 aliphatic heterocycles. The number of benzene rings is 1. The highest BCUT2D eigenvalue weighted by Gasteiger charge is 2.00. The highest BCUT2D eigenvalue weighted by molar-refractivity contribution is 8.13. The lowest BCUT2D eigenvalue weighted by atomic mass is 10.2. The Kier molecular flexibility index (Phi) is 5.23. The molecular weight excluding hydrogens is 251 g/mol. The minimum atomic E-state index is 0.102. The number of halogens is 2. The molecule has 80 valence electrons. The predicted octanol–water partition coefficient (Wildman–Crippen LogP) is 4.29. The maximum atomic E-state index is 10.7. The van der Waals surface area contributed by atoms with Crippen molar-refractivity contribution in [1.29, 1.82) is 0 Å². The smallest absolute Gasteiger partial charge is 0.186 e. The van der Waals surface area contributed by atoms with Crippen molar-refractivity contribution in [3.05, 3.63) is 39.9 Å². The highest BCUT2D eigenvalue weighted by atomic mass is 35.5. The van der Waals surface area contributed by atoms with Crippen molar-refractivity contribution < 1.29 is 4.79 Å². The van der Waals surface area contributed by atoms with E-state index in [0.29, 0.717) is 15.8 Å². The van der Waals surface area contributed by atoms with E-state index in [9.17, 15) is 4.79 Å². The van der Waals surface area contributed by atoms with Crippen LogP contribution in [0, 0.1) is 0 Å². The summed E-state index contributed by atoms with van der Waals surface area (Å²) >= 11 is 13.2. The van der Waals surface area contributed by atoms with Gasteiger partial charge in [-0.25, -0.2) is 0 Å². The van der Waals surface area contributed by atoms with Gasteiger partial charge in [0.25, 0.3) is 0 Å². The molecule has 0 saturated carbocycles. The predicted molar refractivity (Wildman–Crippen MR) is 68.6 cm³/mol. The van der Waals surface area contributed by atoms with Crippen LogP contribution >= 0.6 is 35.0 Å². The van der Waals surface area contributed by atoms with E-state index in [1.165, 1.54) is 11.8 Å². The summed E-state index contributed by atoms with van der Waals surface area (Å²) in [6.45, 7) is 1.54. The first-order valence-electron chi connectivity index (χ1n) is 4.35. The van der Waals surface area contributed by atoms with Gasteiger partial charge in [0.15, 0.2) is 5.12 Å². The van der Waals surface area contributed by atoms with Crippen molar-refractivity contribution in [3.8, 4) is 0 Å². The molecule has 0 aliphatic rings. The van der Waals surface area contributed by atoms with Crippen molar-refractivity contribution in [2.75, 3.05) is 5.75 Å². The van der Waals surface area contributed by atoms with Gasteiger partial charge in [-0.1, -0.05) is 53.2 Å². The Hall–Kier alpha value is -0.440. The lowest BCUT2D eigenvalue weighted by molar-refractivity contribution is -0.109. The Balaban J connectivity index is 2.67. The molecule has 1 aromatic rings. The van der Waals surface area contributed by atoms with Crippen molar-refractivity contribution in [2.45, 2.75) is 6.92 Å². The van der Waals surface area contributed by atoms with Crippen LogP contribution in [-0.2, 0) is 4.79 Å². The van der Waals surface area contributed by atoms with E-state index in [2.05, 4.69) is 0 Å². The van der Waals surface area contributed by atoms with E-state index in [1.807, 2.05) is 12.2 Å². The Labute approximate surface area is 103 Å². The van der Waals surface area contributed by atoms with E-state index < -0.39 is 0 Å². The van der Waals surface area contributed by atoms with Gasteiger partial charge in [0.05, 0.1) is 0 Å². The number of hydrogen-bond acceptors (Lipinski definition) is 2. The zero-order valence-corrected chi connectivity index (χ0v) is 10.5. The first kappa shape index (κ1) is 12.6. The summed E-state index contributed by atoms with van der Waals surface area (Å²) in [6.07, 6.45) is 3.71. The average molecular weight is 261 g/mol. The van der Waals surface area contributed by atoms with Gasteiger partial charge in [-0.2, -0.15) is 0 Å². The van der Waals surface area contributed by atoms with Crippen LogP contribution in [0.2, 0.25) is 10.0 Å². The van der Waals surface area contributed by atoms with Crippen LogP contribution < -0.4 is 0 Å². The maximum absolute atomic E-state index is 10.7. The summed E-state index contributed by atoms with van der Waals surface area (Å²) < 4.78 is 0. The second-order valence-corrected chi connectivity index (χ2v) is 4.85. The second-order valence-electron chi connectivity index (χ2n) is 2.84. The van der Waals surface area contributed by atoms with Crippen LogP contribution in [0.15, 0.2) is 24.3 Å². The molecule has 0 aromatic heterocycles. The molecule has 1 rings (SSSR count). The van der Waals surface area contributed by atoms with Crippen molar-refractivity contribution in [1.82, 2.24) is 0 Å². The van der Waals surface area contributed by atoms with Crippen LogP contribution in [0.3, 0.4) is 0 Å². The van der Waals surface area contributed by atoms with Crippen molar-refractivity contribution in [3.63, 3.8) is 0 Å². The van der Waals surface area contributed by atoms with Gasteiger partial charge in [-0.15, -0.1) is 0 Å². The Morgan fingerprint density at radius 1 is 1.40 bits per heavy atom. The standard InChI is InChI=1S/C11H10Cl2OS/c1-8(14)15-7-3-4-9-10(12)5-2-6-11(9)13/h2-6H,7H2,1H3. The molecule has 1 aromatic carbocycles. The molecule has 1 nitrogen and oxygen atoms in total. The minimum absolute atomic E-state index is 0.102. The summed E-state index contributed by atoms with van der Waals surface area (Å²) in [4.78, 5) is 10.7. The minimum Gasteiger partial charge on any atom is -0.288 e. The second kappa shape index (κ2) is 6.21. The normalized spacial score (nSPS) is 10.9. The lowest BCUT2D eigenvalue weighted by Gasteiger charge is -2.00. The number of carbonyl (C=O) groups excluding carboxylic acids is 1. The number of carbonyl (C=O) groups is 1. The third-order valence-corrected chi connectivity index (χ3v) is 3.09. The molecule has 0 amide bonds. The monoisotopic (exact) mass is 260 g/mol. The van der Waals surface area contributed by atoms with Crippen LogP contribution in [-0.4, -0.2) is 10.9 Å². The van der Waals surface area contributed by atoms with Gasteiger partial charge in [0.2, 0.25) is 0 Å².